The van der Waals surface area contributed by atoms with Gasteiger partial charge in [-0.1, -0.05) is 115 Å². The van der Waals surface area contributed by atoms with Crippen LogP contribution in [0.2, 0.25) is 0 Å². The molecule has 0 aromatic carbocycles. The normalized spacial score (nSPS) is 34.7. The van der Waals surface area contributed by atoms with Crippen LogP contribution in [0.1, 0.15) is 123 Å². The van der Waals surface area contributed by atoms with Crippen molar-refractivity contribution < 1.29 is 89.4 Å². The number of carbonyl (C=O) groups is 1. The van der Waals surface area contributed by atoms with Crippen LogP contribution in [0.5, 0.6) is 0 Å². The molecule has 17 unspecified atom stereocenters. The number of aliphatic hydroxyl groups excluding tert-OH is 11. The van der Waals surface area contributed by atoms with Crippen LogP contribution < -0.4 is 5.32 Å². The van der Waals surface area contributed by atoms with Crippen molar-refractivity contribution in [1.82, 2.24) is 5.32 Å². The van der Waals surface area contributed by atoms with Gasteiger partial charge in [0.1, 0.15) is 73.2 Å². The minimum absolute atomic E-state index is 0.237. The van der Waals surface area contributed by atoms with Crippen molar-refractivity contribution in [2.75, 3.05) is 26.4 Å². The van der Waals surface area contributed by atoms with E-state index in [-0.39, 0.29) is 18.9 Å². The average molecular weight is 924 g/mol. The van der Waals surface area contributed by atoms with Crippen molar-refractivity contribution in [2.24, 2.45) is 0 Å². The molecule has 0 aliphatic carbocycles. The van der Waals surface area contributed by atoms with E-state index in [1.54, 1.807) is 12.2 Å². The van der Waals surface area contributed by atoms with Gasteiger partial charge in [0.25, 0.3) is 0 Å². The third-order valence-electron chi connectivity index (χ3n) is 12.0. The standard InChI is InChI=1S/C45H81NO18/c1-3-5-7-9-11-12-13-14-15-17-19-21-23-33(51)46-28(29(50)22-20-18-16-10-8-6-4-2)27-59-43-39(57)36(54)41(31(25-48)61-43)64-45-40(58)37(55)42(32(26-49)62-45)63-44-38(56)35(53)34(52)30(24-47)60-44/h8,10,20,22,28-32,34-45,47-50,52-58H,3-7,9,11-19,21,23-27H2,1-2H3,(H,46,51)/b10-8+,22-20+. The molecule has 0 aromatic rings. The number of unbranched alkanes of at least 4 members (excludes halogenated alkanes) is 13. The van der Waals surface area contributed by atoms with E-state index in [1.807, 2.05) is 0 Å². The van der Waals surface area contributed by atoms with Crippen LogP contribution in [-0.4, -0.2) is 193 Å². The third-order valence-corrected chi connectivity index (χ3v) is 12.0. The Labute approximate surface area is 378 Å². The highest BCUT2D eigenvalue weighted by atomic mass is 16.8. The van der Waals surface area contributed by atoms with Crippen LogP contribution in [0, 0.1) is 0 Å². The summed E-state index contributed by atoms with van der Waals surface area (Å²) in [4.78, 5) is 13.1. The molecule has 0 bridgehead atoms. The van der Waals surface area contributed by atoms with E-state index in [4.69, 9.17) is 28.4 Å². The predicted octanol–water partition coefficient (Wildman–Crippen LogP) is 0.0809. The topological polar surface area (TPSA) is 307 Å². The fourth-order valence-corrected chi connectivity index (χ4v) is 7.98. The smallest absolute Gasteiger partial charge is 0.220 e. The molecule has 0 radical (unpaired) electrons. The zero-order valence-corrected chi connectivity index (χ0v) is 37.8. The number of nitrogens with one attached hydrogen (secondary N) is 1. The Bertz CT molecular complexity index is 1290. The molecule has 12 N–H and O–H groups in total. The molecule has 3 rings (SSSR count). The first kappa shape index (κ1) is 56.6. The molecule has 19 heteroatoms. The number of aliphatic hydroxyl groups is 11. The van der Waals surface area contributed by atoms with Gasteiger partial charge in [0.2, 0.25) is 5.91 Å². The lowest BCUT2D eigenvalue weighted by Gasteiger charge is -2.48. The van der Waals surface area contributed by atoms with Gasteiger partial charge in [-0.05, 0) is 25.7 Å². The number of hydrogen-bond donors (Lipinski definition) is 12. The molecule has 3 aliphatic rings. The lowest BCUT2D eigenvalue weighted by molar-refractivity contribution is -0.379. The van der Waals surface area contributed by atoms with Crippen LogP contribution >= 0.6 is 0 Å². The fraction of sp³-hybridized carbons (Fsp3) is 0.889. The SMILES string of the molecule is CCC/C=C/CC/C=C/C(O)C(COC1OC(CO)C(OC2OC(CO)C(OC3OC(CO)C(O)C(O)C3O)C(O)C2O)C(O)C1O)NC(=O)CCCCCCCCCCCCCC. The molecule has 0 spiro atoms. The summed E-state index contributed by atoms with van der Waals surface area (Å²) in [5.41, 5.74) is 0. The van der Waals surface area contributed by atoms with Gasteiger partial charge < -0.3 is 89.9 Å². The Morgan fingerprint density at radius 1 is 0.547 bits per heavy atom. The van der Waals surface area contributed by atoms with Gasteiger partial charge in [0.15, 0.2) is 18.9 Å². The summed E-state index contributed by atoms with van der Waals surface area (Å²) in [7, 11) is 0. The van der Waals surface area contributed by atoms with E-state index in [0.717, 1.165) is 38.5 Å². The van der Waals surface area contributed by atoms with Gasteiger partial charge in [-0.15, -0.1) is 0 Å². The molecule has 0 saturated carbocycles. The molecule has 19 nitrogen and oxygen atoms in total. The summed E-state index contributed by atoms with van der Waals surface area (Å²) in [5, 5.41) is 119. The number of amides is 1. The van der Waals surface area contributed by atoms with Gasteiger partial charge in [-0.25, -0.2) is 0 Å². The first-order chi connectivity index (χ1) is 30.8. The average Bonchev–Trinajstić information content (AvgIpc) is 3.29. The first-order valence-corrected chi connectivity index (χ1v) is 23.6. The second kappa shape index (κ2) is 31.3. The summed E-state index contributed by atoms with van der Waals surface area (Å²) in [6, 6.07) is -0.980. The zero-order chi connectivity index (χ0) is 47.0. The Kier molecular flexibility index (Phi) is 27.7. The second-order valence-electron chi connectivity index (χ2n) is 17.2. The molecular weight excluding hydrogens is 842 g/mol. The zero-order valence-electron chi connectivity index (χ0n) is 37.8. The Hall–Kier alpha value is -1.73. The quantitative estimate of drug-likeness (QED) is 0.0324. The van der Waals surface area contributed by atoms with Crippen molar-refractivity contribution in [3.8, 4) is 0 Å². The van der Waals surface area contributed by atoms with Gasteiger partial charge in [0.05, 0.1) is 38.6 Å². The minimum atomic E-state index is -1.98. The number of rotatable bonds is 31. The molecular formula is C45H81NO18. The van der Waals surface area contributed by atoms with E-state index < -0.39 is 124 Å². The maximum atomic E-state index is 13.1. The maximum Gasteiger partial charge on any atom is 0.220 e. The highest BCUT2D eigenvalue weighted by molar-refractivity contribution is 5.76. The number of allylic oxidation sites excluding steroid dienone is 3. The van der Waals surface area contributed by atoms with Crippen molar-refractivity contribution >= 4 is 5.91 Å². The predicted molar refractivity (Wildman–Crippen MR) is 231 cm³/mol. The molecule has 17 atom stereocenters. The van der Waals surface area contributed by atoms with Gasteiger partial charge in [0, 0.05) is 6.42 Å². The summed E-state index contributed by atoms with van der Waals surface area (Å²) >= 11 is 0. The Morgan fingerprint density at radius 3 is 1.53 bits per heavy atom. The molecule has 0 aromatic heterocycles. The van der Waals surface area contributed by atoms with Crippen LogP contribution in [0.25, 0.3) is 0 Å². The molecule has 374 valence electrons. The lowest BCUT2D eigenvalue weighted by Crippen LogP contribution is -2.66. The molecule has 3 saturated heterocycles. The van der Waals surface area contributed by atoms with Crippen LogP contribution in [0.3, 0.4) is 0 Å². The van der Waals surface area contributed by atoms with Crippen LogP contribution in [0.15, 0.2) is 24.3 Å². The van der Waals surface area contributed by atoms with Crippen molar-refractivity contribution in [3.63, 3.8) is 0 Å². The minimum Gasteiger partial charge on any atom is -0.394 e. The maximum absolute atomic E-state index is 13.1. The van der Waals surface area contributed by atoms with Crippen LogP contribution in [-0.2, 0) is 33.2 Å². The molecule has 3 heterocycles. The summed E-state index contributed by atoms with van der Waals surface area (Å²) in [6.45, 7) is 1.52. The van der Waals surface area contributed by atoms with Crippen LogP contribution in [0.4, 0.5) is 0 Å². The first-order valence-electron chi connectivity index (χ1n) is 23.6. The van der Waals surface area contributed by atoms with E-state index in [2.05, 4.69) is 31.3 Å². The molecule has 64 heavy (non-hydrogen) atoms. The van der Waals surface area contributed by atoms with E-state index in [1.165, 1.54) is 51.4 Å². The van der Waals surface area contributed by atoms with Crippen molar-refractivity contribution in [1.29, 1.82) is 0 Å². The van der Waals surface area contributed by atoms with Gasteiger partial charge in [-0.2, -0.15) is 0 Å². The van der Waals surface area contributed by atoms with Gasteiger partial charge in [-0.3, -0.25) is 4.79 Å². The summed E-state index contributed by atoms with van der Waals surface area (Å²) < 4.78 is 33.9. The molecule has 1 amide bonds. The number of ether oxygens (including phenoxy) is 6. The monoisotopic (exact) mass is 924 g/mol. The Morgan fingerprint density at radius 2 is 1.00 bits per heavy atom. The summed E-state index contributed by atoms with van der Waals surface area (Å²) in [5.74, 6) is -0.294. The largest absolute Gasteiger partial charge is 0.394 e. The highest BCUT2D eigenvalue weighted by Gasteiger charge is 2.53. The van der Waals surface area contributed by atoms with Crippen molar-refractivity contribution in [3.05, 3.63) is 24.3 Å². The highest BCUT2D eigenvalue weighted by Crippen LogP contribution is 2.33. The number of carbonyl (C=O) groups excluding carboxylic acids is 1. The molecule has 3 aliphatic heterocycles. The third kappa shape index (κ3) is 18.1. The second-order valence-corrected chi connectivity index (χ2v) is 17.2. The molecule has 3 fully saturated rings. The van der Waals surface area contributed by atoms with E-state index >= 15 is 0 Å². The summed E-state index contributed by atoms with van der Waals surface area (Å²) in [6.07, 6.45) is -1.87. The van der Waals surface area contributed by atoms with Crippen molar-refractivity contribution in [2.45, 2.75) is 227 Å². The van der Waals surface area contributed by atoms with E-state index in [9.17, 15) is 61.0 Å². The fourth-order valence-electron chi connectivity index (χ4n) is 7.98. The lowest BCUT2D eigenvalue weighted by atomic mass is 9.96. The number of hydrogen-bond acceptors (Lipinski definition) is 18. The van der Waals surface area contributed by atoms with E-state index in [0.29, 0.717) is 12.8 Å². The van der Waals surface area contributed by atoms with Gasteiger partial charge >= 0.3 is 0 Å². The Balaban J connectivity index is 1.58.